The van der Waals surface area contributed by atoms with E-state index in [-0.39, 0.29) is 24.3 Å². The van der Waals surface area contributed by atoms with E-state index in [1.165, 1.54) is 6.07 Å². The van der Waals surface area contributed by atoms with E-state index in [1.807, 2.05) is 0 Å². The van der Waals surface area contributed by atoms with E-state index in [1.54, 1.807) is 37.6 Å². The molecule has 0 aliphatic heterocycles. The lowest BCUT2D eigenvalue weighted by Gasteiger charge is -2.20. The lowest BCUT2D eigenvalue weighted by Crippen LogP contribution is -2.33. The highest BCUT2D eigenvalue weighted by molar-refractivity contribution is 7.62. The van der Waals surface area contributed by atoms with E-state index < -0.39 is 13.0 Å². The van der Waals surface area contributed by atoms with Gasteiger partial charge < -0.3 is 19.3 Å². The minimum atomic E-state index is -3.79. The molecule has 0 radical (unpaired) electrons. The van der Waals surface area contributed by atoms with E-state index >= 15 is 0 Å². The van der Waals surface area contributed by atoms with Crippen LogP contribution in [0.2, 0.25) is 5.02 Å². The van der Waals surface area contributed by atoms with Gasteiger partial charge in [0, 0.05) is 17.5 Å². The monoisotopic (exact) mass is 344 g/mol. The second-order valence-corrected chi connectivity index (χ2v) is 7.01. The molecule has 0 saturated heterocycles. The number of aryl methyl sites for hydroxylation is 1. The molecule has 0 aliphatic rings. The second kappa shape index (κ2) is 6.42. The standard InChI is InChI=1S/C14H18ClN2O4P/c1-4-20-22(19,21-5-2)13-12(18)10-8-9(15)6-7-11(10)17(3)14(13)16/h6-8H,4-5,16H2,1-3H3. The topological polar surface area (TPSA) is 83.5 Å². The van der Waals surface area contributed by atoms with Crippen molar-refractivity contribution >= 4 is 41.2 Å². The molecular formula is C14H18ClN2O4P. The smallest absolute Gasteiger partial charge is 0.368 e. The van der Waals surface area contributed by atoms with Crippen LogP contribution in [0.1, 0.15) is 13.8 Å². The zero-order valence-corrected chi connectivity index (χ0v) is 14.3. The van der Waals surface area contributed by atoms with Crippen LogP contribution in [0.3, 0.4) is 0 Å². The number of rotatable bonds is 5. The summed E-state index contributed by atoms with van der Waals surface area (Å²) in [4.78, 5) is 12.8. The molecule has 1 aromatic carbocycles. The Labute approximate surface area is 133 Å². The van der Waals surface area contributed by atoms with Gasteiger partial charge in [-0.1, -0.05) is 11.6 Å². The van der Waals surface area contributed by atoms with Gasteiger partial charge in [0.2, 0.25) is 5.43 Å². The molecule has 2 N–H and O–H groups in total. The quantitative estimate of drug-likeness (QED) is 0.843. The number of halogens is 1. The number of nitrogens with zero attached hydrogens (tertiary/aromatic N) is 1. The molecule has 22 heavy (non-hydrogen) atoms. The summed E-state index contributed by atoms with van der Waals surface area (Å²) in [6.07, 6.45) is 0. The van der Waals surface area contributed by atoms with E-state index in [0.29, 0.717) is 15.9 Å². The molecule has 0 amide bonds. The average Bonchev–Trinajstić information content (AvgIpc) is 2.45. The van der Waals surface area contributed by atoms with Crippen molar-refractivity contribution in [3.8, 4) is 0 Å². The third kappa shape index (κ3) is 2.79. The molecular weight excluding hydrogens is 327 g/mol. The predicted molar refractivity (Wildman–Crippen MR) is 89.1 cm³/mol. The first kappa shape index (κ1) is 17.0. The van der Waals surface area contributed by atoms with Crippen molar-refractivity contribution in [2.75, 3.05) is 18.9 Å². The number of anilines is 1. The Morgan fingerprint density at radius 2 is 1.86 bits per heavy atom. The van der Waals surface area contributed by atoms with Crippen molar-refractivity contribution in [2.24, 2.45) is 7.05 Å². The Morgan fingerprint density at radius 3 is 2.41 bits per heavy atom. The first-order valence-corrected chi connectivity index (χ1v) is 8.75. The summed E-state index contributed by atoms with van der Waals surface area (Å²) in [5.41, 5.74) is 6.14. The highest BCUT2D eigenvalue weighted by Gasteiger charge is 2.34. The molecule has 1 heterocycles. The molecule has 0 spiro atoms. The molecule has 0 aliphatic carbocycles. The summed E-state index contributed by atoms with van der Waals surface area (Å²) in [5, 5.41) is 0.579. The Balaban J connectivity index is 2.89. The van der Waals surface area contributed by atoms with Crippen LogP contribution in [0, 0.1) is 0 Å². The SMILES string of the molecule is CCOP(=O)(OCC)c1c(N)n(C)c2ccc(Cl)cc2c1=O. The number of aromatic nitrogens is 1. The summed E-state index contributed by atoms with van der Waals surface area (Å²) in [6, 6.07) is 4.86. The zero-order chi connectivity index (χ0) is 16.5. The van der Waals surface area contributed by atoms with Crippen molar-refractivity contribution in [3.63, 3.8) is 0 Å². The highest BCUT2D eigenvalue weighted by atomic mass is 35.5. The molecule has 120 valence electrons. The fraction of sp³-hybridized carbons (Fsp3) is 0.357. The first-order valence-electron chi connectivity index (χ1n) is 6.83. The second-order valence-electron chi connectivity index (χ2n) is 4.62. The molecule has 2 aromatic rings. The number of hydrogen-bond donors (Lipinski definition) is 1. The lowest BCUT2D eigenvalue weighted by atomic mass is 10.2. The Bertz CT molecular complexity index is 809. The summed E-state index contributed by atoms with van der Waals surface area (Å²) in [7, 11) is -2.12. The first-order chi connectivity index (χ1) is 10.4. The Morgan fingerprint density at radius 1 is 1.27 bits per heavy atom. The van der Waals surface area contributed by atoms with E-state index in [2.05, 4.69) is 0 Å². The van der Waals surface area contributed by atoms with Crippen LogP contribution in [0.25, 0.3) is 10.9 Å². The number of pyridine rings is 1. The lowest BCUT2D eigenvalue weighted by molar-refractivity contribution is 0.230. The molecule has 0 saturated carbocycles. The maximum absolute atomic E-state index is 13.0. The van der Waals surface area contributed by atoms with Gasteiger partial charge >= 0.3 is 7.60 Å². The number of hydrogen-bond acceptors (Lipinski definition) is 5. The van der Waals surface area contributed by atoms with Gasteiger partial charge in [-0.15, -0.1) is 0 Å². The molecule has 2 rings (SSSR count). The fourth-order valence-corrected chi connectivity index (χ4v) is 4.27. The van der Waals surface area contributed by atoms with Gasteiger partial charge in [-0.05, 0) is 32.0 Å². The number of fused-ring (bicyclic) bond motifs is 1. The van der Waals surface area contributed by atoms with E-state index in [9.17, 15) is 9.36 Å². The van der Waals surface area contributed by atoms with E-state index in [0.717, 1.165) is 0 Å². The van der Waals surface area contributed by atoms with Crippen molar-refractivity contribution in [1.82, 2.24) is 4.57 Å². The normalized spacial score (nSPS) is 12.0. The molecule has 1 aromatic heterocycles. The van der Waals surface area contributed by atoms with Crippen LogP contribution in [0.5, 0.6) is 0 Å². The van der Waals surface area contributed by atoms with Crippen molar-refractivity contribution in [1.29, 1.82) is 0 Å². The molecule has 0 atom stereocenters. The van der Waals surface area contributed by atoms with Gasteiger partial charge in [-0.3, -0.25) is 9.36 Å². The molecule has 6 nitrogen and oxygen atoms in total. The van der Waals surface area contributed by atoms with Gasteiger partial charge in [0.1, 0.15) is 5.82 Å². The highest BCUT2D eigenvalue weighted by Crippen LogP contribution is 2.47. The Kier molecular flexibility index (Phi) is 4.97. The molecule has 0 bridgehead atoms. The van der Waals surface area contributed by atoms with Crippen molar-refractivity contribution in [2.45, 2.75) is 13.8 Å². The van der Waals surface area contributed by atoms with Gasteiger partial charge in [-0.2, -0.15) is 0 Å². The minimum Gasteiger partial charge on any atom is -0.384 e. The maximum atomic E-state index is 13.0. The van der Waals surface area contributed by atoms with Crippen LogP contribution in [0.15, 0.2) is 23.0 Å². The van der Waals surface area contributed by atoms with Crippen molar-refractivity contribution in [3.05, 3.63) is 33.4 Å². The largest absolute Gasteiger partial charge is 0.384 e. The van der Waals surface area contributed by atoms with Crippen LogP contribution in [-0.2, 0) is 20.7 Å². The van der Waals surface area contributed by atoms with Gasteiger partial charge in [0.15, 0.2) is 5.30 Å². The fourth-order valence-electron chi connectivity index (χ4n) is 2.29. The number of nitrogen functional groups attached to an aromatic ring is 1. The third-order valence-electron chi connectivity index (χ3n) is 3.26. The zero-order valence-electron chi connectivity index (χ0n) is 12.6. The average molecular weight is 345 g/mol. The number of benzene rings is 1. The molecule has 8 heteroatoms. The molecule has 0 fully saturated rings. The van der Waals surface area contributed by atoms with Gasteiger partial charge in [0.25, 0.3) is 0 Å². The third-order valence-corrected chi connectivity index (χ3v) is 5.67. The van der Waals surface area contributed by atoms with Gasteiger partial charge in [0.05, 0.1) is 18.7 Å². The Hall–Kier alpha value is -1.33. The minimum absolute atomic E-state index is 0.0602. The van der Waals surface area contributed by atoms with Crippen molar-refractivity contribution < 1.29 is 13.6 Å². The van der Waals surface area contributed by atoms with Crippen LogP contribution >= 0.6 is 19.2 Å². The summed E-state index contributed by atoms with van der Waals surface area (Å²) in [5.74, 6) is 0.0602. The maximum Gasteiger partial charge on any atom is 0.368 e. The molecule has 0 unspecified atom stereocenters. The van der Waals surface area contributed by atoms with Crippen LogP contribution < -0.4 is 16.5 Å². The van der Waals surface area contributed by atoms with Crippen LogP contribution in [-0.4, -0.2) is 17.8 Å². The summed E-state index contributed by atoms with van der Waals surface area (Å²) >= 11 is 5.96. The summed E-state index contributed by atoms with van der Waals surface area (Å²) < 4.78 is 25.1. The predicted octanol–water partition coefficient (Wildman–Crippen LogP) is 2.67. The van der Waals surface area contributed by atoms with E-state index in [4.69, 9.17) is 26.4 Å². The van der Waals surface area contributed by atoms with Crippen LogP contribution in [0.4, 0.5) is 5.82 Å². The summed E-state index contributed by atoms with van der Waals surface area (Å²) in [6.45, 7) is 3.61. The van der Waals surface area contributed by atoms with Gasteiger partial charge in [-0.25, -0.2) is 0 Å². The number of nitrogens with two attached hydrogens (primary N) is 1.